The van der Waals surface area contributed by atoms with Crippen molar-refractivity contribution in [1.82, 2.24) is 0 Å². The maximum absolute atomic E-state index is 2.44. The molecule has 44 heavy (non-hydrogen) atoms. The van der Waals surface area contributed by atoms with Gasteiger partial charge in [-0.3, -0.25) is 0 Å². The Hall–Kier alpha value is -5.40. The lowest BCUT2D eigenvalue weighted by Crippen LogP contribution is -2.15. The molecule has 7 aromatic carbocycles. The lowest BCUT2D eigenvalue weighted by Gasteiger charge is -2.28. The topological polar surface area (TPSA) is 3.24 Å². The Morgan fingerprint density at radius 1 is 0.432 bits per heavy atom. The van der Waals surface area contributed by atoms with Gasteiger partial charge in [-0.1, -0.05) is 147 Å². The van der Waals surface area contributed by atoms with Gasteiger partial charge >= 0.3 is 0 Å². The minimum absolute atomic E-state index is 0.0918. The van der Waals surface area contributed by atoms with Crippen LogP contribution in [0, 0.1) is 0 Å². The van der Waals surface area contributed by atoms with Crippen LogP contribution in [-0.4, -0.2) is 0 Å². The molecule has 1 aliphatic rings. The fraction of sp³-hybridized carbons (Fsp3) is 0.0698. The van der Waals surface area contributed by atoms with Gasteiger partial charge in [-0.2, -0.15) is 0 Å². The summed E-state index contributed by atoms with van der Waals surface area (Å²) < 4.78 is 0. The van der Waals surface area contributed by atoms with E-state index in [0.29, 0.717) is 0 Å². The number of benzene rings is 7. The highest BCUT2D eigenvalue weighted by Gasteiger charge is 2.37. The maximum atomic E-state index is 2.44. The van der Waals surface area contributed by atoms with Crippen molar-refractivity contribution >= 4 is 27.8 Å². The Balaban J connectivity index is 1.38. The van der Waals surface area contributed by atoms with E-state index in [9.17, 15) is 0 Å². The smallest absolute Gasteiger partial charge is 0.0540 e. The molecule has 8 rings (SSSR count). The van der Waals surface area contributed by atoms with Crippen LogP contribution < -0.4 is 4.90 Å². The molecule has 0 heterocycles. The number of nitrogens with zero attached hydrogens (tertiary/aromatic N) is 1. The van der Waals surface area contributed by atoms with Gasteiger partial charge in [-0.15, -0.1) is 0 Å². The molecule has 0 saturated heterocycles. The summed E-state index contributed by atoms with van der Waals surface area (Å²) in [6.45, 7) is 4.72. The van der Waals surface area contributed by atoms with Crippen molar-refractivity contribution in [1.29, 1.82) is 0 Å². The zero-order chi connectivity index (χ0) is 29.7. The molecule has 210 valence electrons. The summed E-state index contributed by atoms with van der Waals surface area (Å²) in [5, 5.41) is 2.46. The summed E-state index contributed by atoms with van der Waals surface area (Å²) in [6, 6.07) is 59.6. The fourth-order valence-corrected chi connectivity index (χ4v) is 7.08. The molecule has 0 spiro atoms. The van der Waals surface area contributed by atoms with E-state index in [1.54, 1.807) is 0 Å². The molecule has 0 aliphatic heterocycles. The maximum Gasteiger partial charge on any atom is 0.0540 e. The van der Waals surface area contributed by atoms with Crippen molar-refractivity contribution in [2.45, 2.75) is 19.3 Å². The van der Waals surface area contributed by atoms with Crippen molar-refractivity contribution in [3.05, 3.63) is 175 Å². The average Bonchev–Trinajstić information content (AvgIpc) is 3.32. The number of hydrogen-bond acceptors (Lipinski definition) is 1. The van der Waals surface area contributed by atoms with Gasteiger partial charge in [0.15, 0.2) is 0 Å². The molecule has 0 bridgehead atoms. The summed E-state index contributed by atoms with van der Waals surface area (Å²) >= 11 is 0. The third-order valence-electron chi connectivity index (χ3n) is 9.25. The van der Waals surface area contributed by atoms with Crippen LogP contribution in [0.3, 0.4) is 0 Å². The van der Waals surface area contributed by atoms with E-state index in [-0.39, 0.29) is 5.41 Å². The Bertz CT molecular complexity index is 2140. The molecule has 0 amide bonds. The van der Waals surface area contributed by atoms with E-state index in [1.165, 1.54) is 61.0 Å². The summed E-state index contributed by atoms with van der Waals surface area (Å²) in [5.74, 6) is 0. The van der Waals surface area contributed by atoms with E-state index in [4.69, 9.17) is 0 Å². The molecule has 0 saturated carbocycles. The van der Waals surface area contributed by atoms with Crippen molar-refractivity contribution in [3.8, 4) is 33.4 Å². The van der Waals surface area contributed by atoms with E-state index in [1.807, 2.05) is 0 Å². The second kappa shape index (κ2) is 10.4. The van der Waals surface area contributed by atoms with Crippen LogP contribution in [0.5, 0.6) is 0 Å². The van der Waals surface area contributed by atoms with Crippen molar-refractivity contribution in [2.75, 3.05) is 4.90 Å². The van der Waals surface area contributed by atoms with Crippen molar-refractivity contribution in [2.24, 2.45) is 0 Å². The normalized spacial score (nSPS) is 13.0. The van der Waals surface area contributed by atoms with E-state index in [0.717, 1.165) is 11.4 Å². The summed E-state index contributed by atoms with van der Waals surface area (Å²) in [4.78, 5) is 2.44. The predicted molar refractivity (Wildman–Crippen MR) is 187 cm³/mol. The van der Waals surface area contributed by atoms with Crippen LogP contribution >= 0.6 is 0 Å². The molecule has 0 radical (unpaired) electrons. The second-order valence-corrected chi connectivity index (χ2v) is 12.2. The quantitative estimate of drug-likeness (QED) is 0.201. The molecule has 0 atom stereocenters. The third-order valence-corrected chi connectivity index (χ3v) is 9.25. The molecule has 0 unspecified atom stereocenters. The molecule has 0 aromatic heterocycles. The number of anilines is 3. The fourth-order valence-electron chi connectivity index (χ4n) is 7.08. The lowest BCUT2D eigenvalue weighted by atomic mass is 9.82. The lowest BCUT2D eigenvalue weighted by molar-refractivity contribution is 0.660. The van der Waals surface area contributed by atoms with Gasteiger partial charge in [0.1, 0.15) is 0 Å². The second-order valence-electron chi connectivity index (χ2n) is 12.2. The Kier molecular flexibility index (Phi) is 6.20. The minimum Gasteiger partial charge on any atom is -0.310 e. The van der Waals surface area contributed by atoms with Gasteiger partial charge in [-0.25, -0.2) is 0 Å². The number of hydrogen-bond donors (Lipinski definition) is 0. The zero-order valence-corrected chi connectivity index (χ0v) is 25.0. The Labute approximate surface area is 259 Å². The highest BCUT2D eigenvalue weighted by Crippen LogP contribution is 2.54. The van der Waals surface area contributed by atoms with Gasteiger partial charge < -0.3 is 4.90 Å². The van der Waals surface area contributed by atoms with E-state index >= 15 is 0 Å². The van der Waals surface area contributed by atoms with Crippen molar-refractivity contribution in [3.63, 3.8) is 0 Å². The summed E-state index contributed by atoms with van der Waals surface area (Å²) in [5.41, 5.74) is 13.7. The standard InChI is InChI=1S/C43H33N/c1-43(2)39-27-26-35(29-38(39)42-37(23-13-24-40(42)43)32-16-7-4-8-17-32)44(41-25-12-19-31-18-9-10-22-36(31)41)34-21-11-20-33(28-34)30-14-5-3-6-15-30/h3-29H,1-2H3. The summed E-state index contributed by atoms with van der Waals surface area (Å²) in [6.07, 6.45) is 0. The molecular weight excluding hydrogens is 530 g/mol. The molecule has 1 heteroatoms. The first kappa shape index (κ1) is 26.2. The highest BCUT2D eigenvalue weighted by molar-refractivity contribution is 6.00. The van der Waals surface area contributed by atoms with Gasteiger partial charge in [0.05, 0.1) is 5.69 Å². The van der Waals surface area contributed by atoms with Gasteiger partial charge in [0.25, 0.3) is 0 Å². The molecule has 1 aliphatic carbocycles. The molecule has 1 nitrogen and oxygen atoms in total. The first-order valence-corrected chi connectivity index (χ1v) is 15.4. The highest BCUT2D eigenvalue weighted by atomic mass is 15.1. The van der Waals surface area contributed by atoms with Crippen LogP contribution in [0.25, 0.3) is 44.2 Å². The van der Waals surface area contributed by atoms with Crippen molar-refractivity contribution < 1.29 is 0 Å². The molecular formula is C43H33N. The zero-order valence-electron chi connectivity index (χ0n) is 25.0. The molecule has 7 aromatic rings. The largest absolute Gasteiger partial charge is 0.310 e. The van der Waals surface area contributed by atoms with Crippen LogP contribution in [0.2, 0.25) is 0 Å². The Morgan fingerprint density at radius 3 is 1.89 bits per heavy atom. The van der Waals surface area contributed by atoms with E-state index in [2.05, 4.69) is 183 Å². The minimum atomic E-state index is -0.0918. The SMILES string of the molecule is CC1(C)c2ccc(N(c3cccc(-c4ccccc4)c3)c3cccc4ccccc34)cc2-c2c(-c3ccccc3)cccc21. The van der Waals surface area contributed by atoms with E-state index < -0.39 is 0 Å². The first-order valence-electron chi connectivity index (χ1n) is 15.4. The van der Waals surface area contributed by atoms with Crippen LogP contribution in [-0.2, 0) is 5.41 Å². The summed E-state index contributed by atoms with van der Waals surface area (Å²) in [7, 11) is 0. The van der Waals surface area contributed by atoms with Gasteiger partial charge in [0.2, 0.25) is 0 Å². The molecule has 0 N–H and O–H groups in total. The number of rotatable bonds is 5. The van der Waals surface area contributed by atoms with Crippen LogP contribution in [0.1, 0.15) is 25.0 Å². The predicted octanol–water partition coefficient (Wildman–Crippen LogP) is 11.9. The van der Waals surface area contributed by atoms with Gasteiger partial charge in [-0.05, 0) is 80.2 Å². The third kappa shape index (κ3) is 4.24. The monoisotopic (exact) mass is 563 g/mol. The first-order chi connectivity index (χ1) is 21.6. The van der Waals surface area contributed by atoms with Gasteiger partial charge in [0, 0.05) is 22.2 Å². The average molecular weight is 564 g/mol. The van der Waals surface area contributed by atoms with Crippen LogP contribution in [0.4, 0.5) is 17.1 Å². The van der Waals surface area contributed by atoms with Crippen LogP contribution in [0.15, 0.2) is 164 Å². The number of fused-ring (bicyclic) bond motifs is 4. The Morgan fingerprint density at radius 2 is 1.07 bits per heavy atom. The molecule has 0 fully saturated rings.